The fraction of sp³-hybridized carbons (Fsp3) is 0.450. The summed E-state index contributed by atoms with van der Waals surface area (Å²) in [6, 6.07) is 3.66. The van der Waals surface area contributed by atoms with Crippen LogP contribution >= 0.6 is 0 Å². The summed E-state index contributed by atoms with van der Waals surface area (Å²) in [4.78, 5) is 23.7. The van der Waals surface area contributed by atoms with Crippen LogP contribution in [0.5, 0.6) is 11.5 Å². The largest absolute Gasteiger partial charge is 0.497 e. The number of nitrogens with zero attached hydrogens (tertiary/aromatic N) is 3. The summed E-state index contributed by atoms with van der Waals surface area (Å²) in [5, 5.41) is 2.92. The van der Waals surface area contributed by atoms with E-state index in [0.29, 0.717) is 23.6 Å². The minimum absolute atomic E-state index is 0.0390. The van der Waals surface area contributed by atoms with E-state index in [-0.39, 0.29) is 11.8 Å². The Balaban J connectivity index is 1.69. The second-order valence-electron chi connectivity index (χ2n) is 6.96. The summed E-state index contributed by atoms with van der Waals surface area (Å²) < 4.78 is 10.9. The van der Waals surface area contributed by atoms with Crippen molar-refractivity contribution in [2.45, 2.75) is 31.6 Å². The number of ether oxygens (including phenoxy) is 2. The molecular weight excluding hydrogens is 344 g/mol. The number of methoxy groups -OCH3 is 2. The third-order valence-corrected chi connectivity index (χ3v) is 5.28. The van der Waals surface area contributed by atoms with Gasteiger partial charge in [-0.1, -0.05) is 0 Å². The molecule has 0 bridgehead atoms. The number of benzene rings is 1. The van der Waals surface area contributed by atoms with Crippen molar-refractivity contribution in [1.29, 1.82) is 0 Å². The van der Waals surface area contributed by atoms with Crippen molar-refractivity contribution in [3.63, 3.8) is 0 Å². The maximum Gasteiger partial charge on any atom is 0.225 e. The van der Waals surface area contributed by atoms with Gasteiger partial charge >= 0.3 is 0 Å². The van der Waals surface area contributed by atoms with Gasteiger partial charge in [0.25, 0.3) is 0 Å². The van der Waals surface area contributed by atoms with E-state index in [4.69, 9.17) is 9.47 Å². The lowest BCUT2D eigenvalue weighted by atomic mass is 9.85. The molecule has 0 saturated carbocycles. The lowest BCUT2D eigenvalue weighted by molar-refractivity contribution is -0.116. The number of carbonyl (C=O) groups excluding carboxylic acids is 1. The summed E-state index contributed by atoms with van der Waals surface area (Å²) in [7, 11) is 3.22. The van der Waals surface area contributed by atoms with Crippen molar-refractivity contribution < 1.29 is 14.3 Å². The Morgan fingerprint density at radius 2 is 1.81 bits per heavy atom. The highest BCUT2D eigenvalue weighted by Gasteiger charge is 2.31. The standard InChI is InChI=1S/C20H24N4O3/c1-26-14-8-16-19(17(9-14)27-2)15(10-18(25)23-16)13-11-21-20(22-12-13)24-6-4-3-5-7-24/h8-9,11-12,15H,3-7,10H2,1-2H3,(H,23,25). The molecule has 0 radical (unpaired) electrons. The van der Waals surface area contributed by atoms with Gasteiger partial charge in [-0.25, -0.2) is 9.97 Å². The summed E-state index contributed by atoms with van der Waals surface area (Å²) in [6.45, 7) is 2.00. The van der Waals surface area contributed by atoms with Gasteiger partial charge in [0.2, 0.25) is 11.9 Å². The number of hydrogen-bond acceptors (Lipinski definition) is 6. The van der Waals surface area contributed by atoms with Gasteiger partial charge < -0.3 is 19.7 Å². The number of amides is 1. The molecule has 1 fully saturated rings. The normalized spacial score (nSPS) is 19.3. The van der Waals surface area contributed by atoms with Gasteiger partial charge in [-0.05, 0) is 24.8 Å². The Bertz CT molecular complexity index is 832. The Labute approximate surface area is 158 Å². The van der Waals surface area contributed by atoms with Crippen LogP contribution in [0, 0.1) is 0 Å². The van der Waals surface area contributed by atoms with Crippen molar-refractivity contribution in [3.05, 3.63) is 35.7 Å². The molecule has 142 valence electrons. The van der Waals surface area contributed by atoms with Crippen molar-refractivity contribution in [1.82, 2.24) is 9.97 Å². The van der Waals surface area contributed by atoms with Crippen LogP contribution in [-0.4, -0.2) is 43.2 Å². The number of hydrogen-bond donors (Lipinski definition) is 1. The number of rotatable bonds is 4. The second-order valence-corrected chi connectivity index (χ2v) is 6.96. The molecular formula is C20H24N4O3. The van der Waals surface area contributed by atoms with Crippen LogP contribution in [0.1, 0.15) is 42.7 Å². The maximum absolute atomic E-state index is 12.3. The van der Waals surface area contributed by atoms with Gasteiger partial charge in [-0.3, -0.25) is 4.79 Å². The van der Waals surface area contributed by atoms with Gasteiger partial charge in [-0.15, -0.1) is 0 Å². The fourth-order valence-electron chi connectivity index (χ4n) is 3.89. The monoisotopic (exact) mass is 368 g/mol. The molecule has 1 atom stereocenters. The summed E-state index contributed by atoms with van der Waals surface area (Å²) in [5.41, 5.74) is 2.56. The molecule has 1 saturated heterocycles. The quantitative estimate of drug-likeness (QED) is 0.894. The molecule has 1 unspecified atom stereocenters. The first-order valence-corrected chi connectivity index (χ1v) is 9.32. The number of carbonyl (C=O) groups is 1. The smallest absolute Gasteiger partial charge is 0.225 e. The first-order chi connectivity index (χ1) is 13.2. The molecule has 1 aromatic carbocycles. The zero-order valence-electron chi connectivity index (χ0n) is 15.7. The van der Waals surface area contributed by atoms with Gasteiger partial charge in [0.1, 0.15) is 11.5 Å². The van der Waals surface area contributed by atoms with Crippen molar-refractivity contribution >= 4 is 17.5 Å². The van der Waals surface area contributed by atoms with Gasteiger partial charge in [0, 0.05) is 55.5 Å². The highest BCUT2D eigenvalue weighted by atomic mass is 16.5. The van der Waals surface area contributed by atoms with E-state index >= 15 is 0 Å². The fourth-order valence-corrected chi connectivity index (χ4v) is 3.89. The van der Waals surface area contributed by atoms with E-state index in [1.807, 2.05) is 24.5 Å². The molecule has 3 heterocycles. The Morgan fingerprint density at radius 3 is 2.48 bits per heavy atom. The Kier molecular flexibility index (Phi) is 4.83. The summed E-state index contributed by atoms with van der Waals surface area (Å²) >= 11 is 0. The maximum atomic E-state index is 12.3. The number of anilines is 2. The average molecular weight is 368 g/mol. The highest BCUT2D eigenvalue weighted by molar-refractivity contribution is 5.96. The second kappa shape index (κ2) is 7.42. The molecule has 2 aliphatic rings. The van der Waals surface area contributed by atoms with Crippen LogP contribution in [0.25, 0.3) is 0 Å². The molecule has 2 aliphatic heterocycles. The van der Waals surface area contributed by atoms with Gasteiger partial charge in [0.05, 0.1) is 19.9 Å². The summed E-state index contributed by atoms with van der Waals surface area (Å²) in [5.74, 6) is 1.91. The minimum atomic E-state index is -0.148. The predicted molar refractivity (Wildman–Crippen MR) is 103 cm³/mol. The first kappa shape index (κ1) is 17.6. The molecule has 7 heteroatoms. The van der Waals surface area contributed by atoms with Crippen molar-refractivity contribution in [2.75, 3.05) is 37.5 Å². The zero-order valence-corrected chi connectivity index (χ0v) is 15.7. The third-order valence-electron chi connectivity index (χ3n) is 5.28. The molecule has 0 spiro atoms. The lowest BCUT2D eigenvalue weighted by Crippen LogP contribution is -2.31. The van der Waals surface area contributed by atoms with Crippen molar-refractivity contribution in [2.24, 2.45) is 0 Å². The van der Waals surface area contributed by atoms with Gasteiger partial charge in [0.15, 0.2) is 0 Å². The summed E-state index contributed by atoms with van der Waals surface area (Å²) in [6.07, 6.45) is 7.65. The molecule has 7 nitrogen and oxygen atoms in total. The third kappa shape index (κ3) is 3.41. The molecule has 4 rings (SSSR count). The average Bonchev–Trinajstić information content (AvgIpc) is 2.72. The molecule has 2 aromatic rings. The Hall–Kier alpha value is -2.83. The number of piperidine rings is 1. The zero-order chi connectivity index (χ0) is 18.8. The Morgan fingerprint density at radius 1 is 1.07 bits per heavy atom. The van der Waals surface area contributed by atoms with E-state index in [1.165, 1.54) is 19.3 Å². The van der Waals surface area contributed by atoms with E-state index in [9.17, 15) is 4.79 Å². The minimum Gasteiger partial charge on any atom is -0.497 e. The van der Waals surface area contributed by atoms with Crippen LogP contribution in [0.2, 0.25) is 0 Å². The molecule has 1 N–H and O–H groups in total. The van der Waals surface area contributed by atoms with E-state index in [1.54, 1.807) is 14.2 Å². The van der Waals surface area contributed by atoms with Gasteiger partial charge in [-0.2, -0.15) is 0 Å². The van der Waals surface area contributed by atoms with E-state index in [0.717, 1.165) is 30.2 Å². The molecule has 0 aliphatic carbocycles. The SMILES string of the molecule is COc1cc2c(c(OC)c1)C(c1cnc(N3CCCCC3)nc1)CC(=O)N2. The predicted octanol–water partition coefficient (Wildman–Crippen LogP) is 2.96. The first-order valence-electron chi connectivity index (χ1n) is 9.32. The lowest BCUT2D eigenvalue weighted by Gasteiger charge is -2.29. The number of nitrogens with one attached hydrogen (secondary N) is 1. The molecule has 1 amide bonds. The van der Waals surface area contributed by atoms with Crippen LogP contribution in [0.4, 0.5) is 11.6 Å². The van der Waals surface area contributed by atoms with Crippen LogP contribution in [0.15, 0.2) is 24.5 Å². The molecule has 1 aromatic heterocycles. The van der Waals surface area contributed by atoms with Crippen LogP contribution in [0.3, 0.4) is 0 Å². The van der Waals surface area contributed by atoms with E-state index in [2.05, 4.69) is 20.2 Å². The van der Waals surface area contributed by atoms with Crippen LogP contribution in [-0.2, 0) is 4.79 Å². The highest BCUT2D eigenvalue weighted by Crippen LogP contribution is 2.44. The van der Waals surface area contributed by atoms with Crippen molar-refractivity contribution in [3.8, 4) is 11.5 Å². The number of aromatic nitrogens is 2. The number of fused-ring (bicyclic) bond motifs is 1. The van der Waals surface area contributed by atoms with Crippen LogP contribution < -0.4 is 19.7 Å². The topological polar surface area (TPSA) is 76.6 Å². The van der Waals surface area contributed by atoms with E-state index < -0.39 is 0 Å². The molecule has 27 heavy (non-hydrogen) atoms.